The standard InChI is InChI=1S/C14H22N4O2/c1-10(18-5-3-4-6-18)8-16-13-12(14(19)20-2)7-11(15)9-17-13/h7,9-10H,3-6,8,15H2,1-2H3,(H,16,17). The summed E-state index contributed by atoms with van der Waals surface area (Å²) in [5.74, 6) is 0.0956. The number of carbonyl (C=O) groups is 1. The number of nitrogen functional groups attached to an aromatic ring is 1. The largest absolute Gasteiger partial charge is 0.465 e. The van der Waals surface area contributed by atoms with Gasteiger partial charge in [0.2, 0.25) is 0 Å². The zero-order valence-corrected chi connectivity index (χ0v) is 12.1. The molecule has 1 fully saturated rings. The molecule has 2 rings (SSSR count). The fourth-order valence-electron chi connectivity index (χ4n) is 2.44. The van der Waals surface area contributed by atoms with E-state index < -0.39 is 5.97 Å². The van der Waals surface area contributed by atoms with Crippen LogP contribution in [0.15, 0.2) is 12.3 Å². The van der Waals surface area contributed by atoms with Crippen LogP contribution >= 0.6 is 0 Å². The Labute approximate surface area is 119 Å². The molecular formula is C14H22N4O2. The van der Waals surface area contributed by atoms with Gasteiger partial charge in [0, 0.05) is 12.6 Å². The van der Waals surface area contributed by atoms with Gasteiger partial charge in [-0.05, 0) is 38.9 Å². The molecule has 0 aromatic carbocycles. The number of pyridine rings is 1. The predicted molar refractivity (Wildman–Crippen MR) is 78.7 cm³/mol. The van der Waals surface area contributed by atoms with E-state index in [1.807, 2.05) is 0 Å². The van der Waals surface area contributed by atoms with Gasteiger partial charge in [-0.3, -0.25) is 4.90 Å². The number of likely N-dealkylation sites (tertiary alicyclic amines) is 1. The number of rotatable bonds is 5. The molecule has 1 aromatic heterocycles. The molecule has 1 aliphatic heterocycles. The smallest absolute Gasteiger partial charge is 0.341 e. The molecule has 1 aromatic rings. The maximum Gasteiger partial charge on any atom is 0.341 e. The Morgan fingerprint density at radius 2 is 2.25 bits per heavy atom. The minimum atomic E-state index is -0.430. The van der Waals surface area contributed by atoms with E-state index >= 15 is 0 Å². The molecule has 0 radical (unpaired) electrons. The van der Waals surface area contributed by atoms with Crippen molar-refractivity contribution in [2.45, 2.75) is 25.8 Å². The Hall–Kier alpha value is -1.82. The van der Waals surface area contributed by atoms with Gasteiger partial charge < -0.3 is 15.8 Å². The van der Waals surface area contributed by atoms with Crippen molar-refractivity contribution in [3.8, 4) is 0 Å². The predicted octanol–water partition coefficient (Wildman–Crippen LogP) is 1.35. The van der Waals surface area contributed by atoms with E-state index in [2.05, 4.69) is 22.1 Å². The van der Waals surface area contributed by atoms with Gasteiger partial charge in [-0.15, -0.1) is 0 Å². The van der Waals surface area contributed by atoms with Crippen LogP contribution in [0.25, 0.3) is 0 Å². The van der Waals surface area contributed by atoms with Crippen molar-refractivity contribution in [1.29, 1.82) is 0 Å². The third-order valence-electron chi connectivity index (χ3n) is 3.64. The number of methoxy groups -OCH3 is 1. The normalized spacial score (nSPS) is 16.9. The number of nitrogens with one attached hydrogen (secondary N) is 1. The number of anilines is 2. The number of carbonyl (C=O) groups excluding carboxylic acids is 1. The first kappa shape index (κ1) is 14.6. The van der Waals surface area contributed by atoms with Gasteiger partial charge in [0.15, 0.2) is 0 Å². The maximum atomic E-state index is 11.7. The number of esters is 1. The third kappa shape index (κ3) is 3.39. The van der Waals surface area contributed by atoms with Crippen LogP contribution in [0.4, 0.5) is 11.5 Å². The Kier molecular flexibility index (Phi) is 4.79. The third-order valence-corrected chi connectivity index (χ3v) is 3.64. The van der Waals surface area contributed by atoms with Crippen molar-refractivity contribution in [2.75, 3.05) is 37.8 Å². The SMILES string of the molecule is COC(=O)c1cc(N)cnc1NCC(C)N1CCCC1. The molecule has 0 spiro atoms. The molecular weight excluding hydrogens is 256 g/mol. The van der Waals surface area contributed by atoms with E-state index in [0.717, 1.165) is 19.6 Å². The van der Waals surface area contributed by atoms with Gasteiger partial charge in [-0.25, -0.2) is 9.78 Å². The molecule has 3 N–H and O–H groups in total. The zero-order valence-electron chi connectivity index (χ0n) is 12.1. The molecule has 20 heavy (non-hydrogen) atoms. The summed E-state index contributed by atoms with van der Waals surface area (Å²) in [5, 5.41) is 3.22. The average Bonchev–Trinajstić information content (AvgIpc) is 2.99. The average molecular weight is 278 g/mol. The minimum Gasteiger partial charge on any atom is -0.465 e. The molecule has 0 aliphatic carbocycles. The Morgan fingerprint density at radius 1 is 1.55 bits per heavy atom. The van der Waals surface area contributed by atoms with Crippen LogP contribution in [0.2, 0.25) is 0 Å². The number of hydrogen-bond acceptors (Lipinski definition) is 6. The fourth-order valence-corrected chi connectivity index (χ4v) is 2.44. The summed E-state index contributed by atoms with van der Waals surface area (Å²) in [6, 6.07) is 1.99. The van der Waals surface area contributed by atoms with Gasteiger partial charge >= 0.3 is 5.97 Å². The van der Waals surface area contributed by atoms with Crippen LogP contribution in [0.1, 0.15) is 30.1 Å². The van der Waals surface area contributed by atoms with E-state index in [-0.39, 0.29) is 0 Å². The molecule has 1 aliphatic rings. The maximum absolute atomic E-state index is 11.7. The van der Waals surface area contributed by atoms with Crippen molar-refractivity contribution < 1.29 is 9.53 Å². The lowest BCUT2D eigenvalue weighted by Crippen LogP contribution is -2.36. The first-order chi connectivity index (χ1) is 9.61. The molecule has 1 atom stereocenters. The van der Waals surface area contributed by atoms with Gasteiger partial charge in [0.05, 0.1) is 19.0 Å². The number of hydrogen-bond donors (Lipinski definition) is 2. The number of ether oxygens (including phenoxy) is 1. The molecule has 0 saturated carbocycles. The Balaban J connectivity index is 2.03. The van der Waals surface area contributed by atoms with Crippen molar-refractivity contribution >= 4 is 17.5 Å². The molecule has 110 valence electrons. The highest BCUT2D eigenvalue weighted by molar-refractivity contribution is 5.95. The van der Waals surface area contributed by atoms with Crippen LogP contribution in [-0.2, 0) is 4.74 Å². The lowest BCUT2D eigenvalue weighted by atomic mass is 10.2. The summed E-state index contributed by atoms with van der Waals surface area (Å²) in [4.78, 5) is 18.3. The number of nitrogens with two attached hydrogens (primary N) is 1. The van der Waals surface area contributed by atoms with Crippen LogP contribution in [-0.4, -0.2) is 48.6 Å². The van der Waals surface area contributed by atoms with Crippen molar-refractivity contribution in [1.82, 2.24) is 9.88 Å². The van der Waals surface area contributed by atoms with Crippen LogP contribution in [0.5, 0.6) is 0 Å². The van der Waals surface area contributed by atoms with E-state index in [1.54, 1.807) is 6.07 Å². The lowest BCUT2D eigenvalue weighted by Gasteiger charge is -2.24. The first-order valence-electron chi connectivity index (χ1n) is 6.93. The second kappa shape index (κ2) is 6.56. The molecule has 1 unspecified atom stereocenters. The van der Waals surface area contributed by atoms with E-state index in [0.29, 0.717) is 23.1 Å². The van der Waals surface area contributed by atoms with Crippen LogP contribution in [0, 0.1) is 0 Å². The van der Waals surface area contributed by atoms with Crippen LogP contribution in [0.3, 0.4) is 0 Å². The monoisotopic (exact) mass is 278 g/mol. The molecule has 2 heterocycles. The number of nitrogens with zero attached hydrogens (tertiary/aromatic N) is 2. The summed E-state index contributed by atoms with van der Waals surface area (Å²) in [5.41, 5.74) is 6.49. The molecule has 6 heteroatoms. The first-order valence-corrected chi connectivity index (χ1v) is 6.93. The highest BCUT2D eigenvalue weighted by Gasteiger charge is 2.19. The molecule has 6 nitrogen and oxygen atoms in total. The quantitative estimate of drug-likeness (QED) is 0.791. The van der Waals surface area contributed by atoms with Crippen molar-refractivity contribution in [3.63, 3.8) is 0 Å². The van der Waals surface area contributed by atoms with E-state index in [4.69, 9.17) is 10.5 Å². The van der Waals surface area contributed by atoms with Gasteiger partial charge in [-0.1, -0.05) is 0 Å². The summed E-state index contributed by atoms with van der Waals surface area (Å²) >= 11 is 0. The number of aromatic nitrogens is 1. The molecule has 0 bridgehead atoms. The summed E-state index contributed by atoms with van der Waals surface area (Å²) < 4.78 is 4.75. The summed E-state index contributed by atoms with van der Waals surface area (Å²) in [7, 11) is 1.35. The second-order valence-electron chi connectivity index (χ2n) is 5.13. The summed E-state index contributed by atoms with van der Waals surface area (Å²) in [6.45, 7) is 5.19. The Bertz CT molecular complexity index is 472. The Morgan fingerprint density at radius 3 is 2.90 bits per heavy atom. The second-order valence-corrected chi connectivity index (χ2v) is 5.13. The fraction of sp³-hybridized carbons (Fsp3) is 0.571. The van der Waals surface area contributed by atoms with E-state index in [1.165, 1.54) is 26.1 Å². The minimum absolute atomic E-state index is 0.376. The van der Waals surface area contributed by atoms with Crippen LogP contribution < -0.4 is 11.1 Å². The molecule has 1 saturated heterocycles. The lowest BCUT2D eigenvalue weighted by molar-refractivity contribution is 0.0601. The van der Waals surface area contributed by atoms with Gasteiger partial charge in [0.25, 0.3) is 0 Å². The summed E-state index contributed by atoms with van der Waals surface area (Å²) in [6.07, 6.45) is 4.06. The van der Waals surface area contributed by atoms with Crippen molar-refractivity contribution in [2.24, 2.45) is 0 Å². The van der Waals surface area contributed by atoms with Gasteiger partial charge in [-0.2, -0.15) is 0 Å². The highest BCUT2D eigenvalue weighted by Crippen LogP contribution is 2.18. The van der Waals surface area contributed by atoms with Gasteiger partial charge in [0.1, 0.15) is 11.4 Å². The topological polar surface area (TPSA) is 80.5 Å². The zero-order chi connectivity index (χ0) is 14.5. The highest BCUT2D eigenvalue weighted by atomic mass is 16.5. The van der Waals surface area contributed by atoms with Crippen molar-refractivity contribution in [3.05, 3.63) is 17.8 Å². The molecule has 0 amide bonds. The van der Waals surface area contributed by atoms with E-state index in [9.17, 15) is 4.79 Å².